The number of hydrogen-bond donors (Lipinski definition) is 2. The van der Waals surface area contributed by atoms with Crippen LogP contribution in [0.5, 0.6) is 0 Å². The molecule has 0 radical (unpaired) electrons. The maximum atomic E-state index is 12.8. The highest BCUT2D eigenvalue weighted by Crippen LogP contribution is 2.44. The van der Waals surface area contributed by atoms with E-state index in [-0.39, 0.29) is 17.4 Å². The summed E-state index contributed by atoms with van der Waals surface area (Å²) in [5, 5.41) is 11.2. The van der Waals surface area contributed by atoms with Crippen LogP contribution in [0.15, 0.2) is 48.5 Å². The summed E-state index contributed by atoms with van der Waals surface area (Å²) in [6, 6.07) is 13.4. The molecule has 0 bridgehead atoms. The van der Waals surface area contributed by atoms with E-state index < -0.39 is 49.7 Å². The van der Waals surface area contributed by atoms with Crippen molar-refractivity contribution in [3.05, 3.63) is 59.7 Å². The lowest BCUT2D eigenvalue weighted by Crippen LogP contribution is -2.52. The third kappa shape index (κ3) is 5.86. The molecule has 1 unspecified atom stereocenters. The molecule has 34 heavy (non-hydrogen) atoms. The Balaban J connectivity index is 1.71. The molecule has 0 aromatic heterocycles. The van der Waals surface area contributed by atoms with Gasteiger partial charge in [0.2, 0.25) is 5.91 Å². The van der Waals surface area contributed by atoms with E-state index in [0.717, 1.165) is 22.3 Å². The van der Waals surface area contributed by atoms with Crippen molar-refractivity contribution < 1.29 is 37.4 Å². The number of nitrogens with one attached hydrogen (secondary N) is 1. The van der Waals surface area contributed by atoms with Crippen LogP contribution in [0.3, 0.4) is 0 Å². The lowest BCUT2D eigenvalue weighted by molar-refractivity contribution is -0.161. The number of alkyl carbamates (subject to hydrolysis) is 1. The first kappa shape index (κ1) is 24.6. The minimum absolute atomic E-state index is 0.121. The molecular formula is C24H21F3N2O5. The van der Waals surface area contributed by atoms with Gasteiger partial charge < -0.3 is 20.1 Å². The van der Waals surface area contributed by atoms with Gasteiger partial charge in [0, 0.05) is 5.92 Å². The van der Waals surface area contributed by atoms with Gasteiger partial charge in [0.1, 0.15) is 19.2 Å². The van der Waals surface area contributed by atoms with E-state index in [2.05, 4.69) is 5.32 Å². The molecule has 0 fully saturated rings. The van der Waals surface area contributed by atoms with Crippen molar-refractivity contribution in [1.82, 2.24) is 10.2 Å². The van der Waals surface area contributed by atoms with E-state index in [1.54, 1.807) is 0 Å². The molecule has 7 nitrogen and oxygen atoms in total. The topological polar surface area (TPSA) is 95.9 Å². The van der Waals surface area contributed by atoms with Crippen molar-refractivity contribution in [3.8, 4) is 23.5 Å². The predicted molar refractivity (Wildman–Crippen MR) is 116 cm³/mol. The molecule has 1 aliphatic rings. The number of carbonyl (C=O) groups is 3. The van der Waals surface area contributed by atoms with E-state index in [9.17, 15) is 27.6 Å². The number of alkyl halides is 3. The van der Waals surface area contributed by atoms with Crippen LogP contribution in [0.4, 0.5) is 18.0 Å². The smallest absolute Gasteiger partial charge is 0.407 e. The van der Waals surface area contributed by atoms with Gasteiger partial charge in [-0.3, -0.25) is 9.59 Å². The zero-order valence-electron chi connectivity index (χ0n) is 17.8. The quantitative estimate of drug-likeness (QED) is 0.572. The number of carbonyl (C=O) groups excluding carboxylic acids is 2. The zero-order valence-corrected chi connectivity index (χ0v) is 17.8. The van der Waals surface area contributed by atoms with Crippen LogP contribution in [0.2, 0.25) is 0 Å². The number of terminal acetylenes is 1. The van der Waals surface area contributed by atoms with Gasteiger partial charge in [-0.15, -0.1) is 6.42 Å². The fourth-order valence-corrected chi connectivity index (χ4v) is 3.92. The molecule has 2 aromatic rings. The van der Waals surface area contributed by atoms with Crippen LogP contribution in [-0.2, 0) is 14.3 Å². The second-order valence-electron chi connectivity index (χ2n) is 7.63. The molecule has 0 aliphatic heterocycles. The predicted octanol–water partition coefficient (Wildman–Crippen LogP) is 3.39. The molecule has 3 rings (SSSR count). The lowest BCUT2D eigenvalue weighted by Gasteiger charge is -2.26. The van der Waals surface area contributed by atoms with Crippen molar-refractivity contribution in [3.63, 3.8) is 0 Å². The number of benzene rings is 2. The van der Waals surface area contributed by atoms with Crippen molar-refractivity contribution in [2.75, 3.05) is 19.7 Å². The number of fused-ring (bicyclic) bond motifs is 3. The zero-order chi connectivity index (χ0) is 24.9. The Labute approximate surface area is 193 Å². The molecule has 0 saturated carbocycles. The molecular weight excluding hydrogens is 453 g/mol. The SMILES string of the molecule is C#CCN(CC(F)(F)F)C(=O)C(CC(=O)O)NC(=O)OCC1c2ccccc2-c2ccccc21. The van der Waals surface area contributed by atoms with Gasteiger partial charge in [-0.2, -0.15) is 13.2 Å². The van der Waals surface area contributed by atoms with Crippen molar-refractivity contribution >= 4 is 18.0 Å². The molecule has 1 atom stereocenters. The van der Waals surface area contributed by atoms with Crippen LogP contribution in [-0.4, -0.2) is 59.9 Å². The monoisotopic (exact) mass is 474 g/mol. The number of carboxylic acid groups (broad SMARTS) is 1. The highest BCUT2D eigenvalue weighted by molar-refractivity contribution is 5.89. The summed E-state index contributed by atoms with van der Waals surface area (Å²) < 4.78 is 43.7. The second kappa shape index (κ2) is 10.3. The number of rotatable bonds is 8. The Morgan fingerprint density at radius 2 is 1.65 bits per heavy atom. The van der Waals surface area contributed by atoms with Gasteiger partial charge in [0.15, 0.2) is 0 Å². The summed E-state index contributed by atoms with van der Waals surface area (Å²) in [5.41, 5.74) is 3.84. The molecule has 10 heteroatoms. The van der Waals surface area contributed by atoms with Crippen LogP contribution in [0.1, 0.15) is 23.5 Å². The minimum atomic E-state index is -4.76. The first-order chi connectivity index (χ1) is 16.1. The van der Waals surface area contributed by atoms with Crippen molar-refractivity contribution in [2.45, 2.75) is 24.6 Å². The number of carboxylic acids is 1. The Kier molecular flexibility index (Phi) is 7.46. The molecule has 178 valence electrons. The highest BCUT2D eigenvalue weighted by atomic mass is 19.4. The van der Waals surface area contributed by atoms with Crippen LogP contribution >= 0.6 is 0 Å². The molecule has 2 amide bonds. The average molecular weight is 474 g/mol. The van der Waals surface area contributed by atoms with Gasteiger partial charge in [0.25, 0.3) is 0 Å². The van der Waals surface area contributed by atoms with Crippen molar-refractivity contribution in [2.24, 2.45) is 0 Å². The molecule has 0 heterocycles. The Morgan fingerprint density at radius 1 is 1.09 bits per heavy atom. The van der Waals surface area contributed by atoms with E-state index in [0.29, 0.717) is 0 Å². The van der Waals surface area contributed by atoms with Crippen LogP contribution < -0.4 is 5.32 Å². The number of nitrogens with zero attached hydrogens (tertiary/aromatic N) is 1. The number of aliphatic carboxylic acids is 1. The van der Waals surface area contributed by atoms with Crippen molar-refractivity contribution in [1.29, 1.82) is 0 Å². The lowest BCUT2D eigenvalue weighted by atomic mass is 9.98. The van der Waals surface area contributed by atoms with Crippen LogP contribution in [0.25, 0.3) is 11.1 Å². The Bertz CT molecular complexity index is 1080. The second-order valence-corrected chi connectivity index (χ2v) is 7.63. The molecule has 2 aromatic carbocycles. The van der Waals surface area contributed by atoms with E-state index in [1.165, 1.54) is 0 Å². The standard InChI is InChI=1S/C24H21F3N2O5/c1-2-11-29(14-24(25,26)27)22(32)20(12-21(30)31)28-23(33)34-13-19-17-9-5-3-7-15(17)16-8-4-6-10-18(16)19/h1,3-10,19-20H,11-14H2,(H,28,33)(H,30,31). The minimum Gasteiger partial charge on any atom is -0.481 e. The number of ether oxygens (including phenoxy) is 1. The van der Waals surface area contributed by atoms with E-state index >= 15 is 0 Å². The van der Waals surface area contributed by atoms with Gasteiger partial charge in [-0.1, -0.05) is 54.5 Å². The summed E-state index contributed by atoms with van der Waals surface area (Å²) in [4.78, 5) is 36.4. The van der Waals surface area contributed by atoms with Gasteiger partial charge >= 0.3 is 18.2 Å². The first-order valence-electron chi connectivity index (χ1n) is 10.2. The number of amides is 2. The van der Waals surface area contributed by atoms with E-state index in [1.807, 2.05) is 54.5 Å². The number of hydrogen-bond acceptors (Lipinski definition) is 4. The van der Waals surface area contributed by atoms with Gasteiger partial charge in [-0.05, 0) is 22.3 Å². The summed E-state index contributed by atoms with van der Waals surface area (Å²) in [6.45, 7) is -2.51. The summed E-state index contributed by atoms with van der Waals surface area (Å²) in [6.07, 6.45) is -1.79. The Morgan fingerprint density at radius 3 is 2.15 bits per heavy atom. The largest absolute Gasteiger partial charge is 0.481 e. The molecule has 0 saturated heterocycles. The fourth-order valence-electron chi connectivity index (χ4n) is 3.92. The van der Waals surface area contributed by atoms with Gasteiger partial charge in [0.05, 0.1) is 13.0 Å². The molecule has 2 N–H and O–H groups in total. The maximum Gasteiger partial charge on any atom is 0.407 e. The summed E-state index contributed by atoms with van der Waals surface area (Å²) in [5.74, 6) is -1.14. The van der Waals surface area contributed by atoms with Crippen LogP contribution in [0, 0.1) is 12.3 Å². The summed E-state index contributed by atoms with van der Waals surface area (Å²) >= 11 is 0. The highest BCUT2D eigenvalue weighted by Gasteiger charge is 2.37. The van der Waals surface area contributed by atoms with Gasteiger partial charge in [-0.25, -0.2) is 4.79 Å². The third-order valence-corrected chi connectivity index (χ3v) is 5.28. The third-order valence-electron chi connectivity index (χ3n) is 5.28. The first-order valence-corrected chi connectivity index (χ1v) is 10.2. The fraction of sp³-hybridized carbons (Fsp3) is 0.292. The molecule has 1 aliphatic carbocycles. The molecule has 0 spiro atoms. The number of halogens is 3. The summed E-state index contributed by atoms with van der Waals surface area (Å²) in [7, 11) is 0. The Hall–Kier alpha value is -4.00. The normalized spacial score (nSPS) is 13.2. The average Bonchev–Trinajstić information content (AvgIpc) is 3.09. The maximum absolute atomic E-state index is 12.8. The van der Waals surface area contributed by atoms with E-state index in [4.69, 9.17) is 16.3 Å².